The van der Waals surface area contributed by atoms with Gasteiger partial charge in [-0.05, 0) is 17.5 Å². The van der Waals surface area contributed by atoms with E-state index in [0.717, 1.165) is 9.37 Å². The summed E-state index contributed by atoms with van der Waals surface area (Å²) in [6, 6.07) is 6.95. The van der Waals surface area contributed by atoms with Crippen LogP contribution in [0.4, 0.5) is 0 Å². The van der Waals surface area contributed by atoms with Gasteiger partial charge in [-0.2, -0.15) is 0 Å². The van der Waals surface area contributed by atoms with Crippen LogP contribution in [0.3, 0.4) is 0 Å². The van der Waals surface area contributed by atoms with Crippen molar-refractivity contribution in [1.29, 1.82) is 0 Å². The Morgan fingerprint density at radius 2 is 1.85 bits per heavy atom. The molecule has 2 amide bonds. The van der Waals surface area contributed by atoms with E-state index in [2.05, 4.69) is 15.9 Å². The SMILES string of the molecule is CC1(C)C2C(=O)N(CC(=O)c3cccc(Br)c3)C(=O)C21. The number of benzene rings is 1. The van der Waals surface area contributed by atoms with E-state index < -0.39 is 0 Å². The van der Waals surface area contributed by atoms with E-state index in [1.54, 1.807) is 18.2 Å². The molecule has 4 nitrogen and oxygen atoms in total. The maximum absolute atomic E-state index is 12.2. The minimum atomic E-state index is -0.233. The number of hydrogen-bond donors (Lipinski definition) is 0. The van der Waals surface area contributed by atoms with Crippen LogP contribution in [-0.2, 0) is 9.59 Å². The first-order valence-electron chi connectivity index (χ1n) is 6.48. The molecule has 0 N–H and O–H groups in total. The minimum Gasteiger partial charge on any atom is -0.292 e. The highest BCUT2D eigenvalue weighted by molar-refractivity contribution is 9.10. The number of halogens is 1. The second-order valence-electron chi connectivity index (χ2n) is 5.97. The summed E-state index contributed by atoms with van der Waals surface area (Å²) in [6.07, 6.45) is 0. The molecule has 1 heterocycles. The van der Waals surface area contributed by atoms with E-state index in [4.69, 9.17) is 0 Å². The van der Waals surface area contributed by atoms with Gasteiger partial charge in [-0.1, -0.05) is 41.9 Å². The van der Waals surface area contributed by atoms with Crippen LogP contribution in [0, 0.1) is 17.3 Å². The summed E-state index contributed by atoms with van der Waals surface area (Å²) in [5, 5.41) is 0. The number of carbonyl (C=O) groups is 3. The summed E-state index contributed by atoms with van der Waals surface area (Å²) in [7, 11) is 0. The molecule has 1 aromatic rings. The molecule has 104 valence electrons. The van der Waals surface area contributed by atoms with Gasteiger partial charge in [0.1, 0.15) is 0 Å². The lowest BCUT2D eigenvalue weighted by Crippen LogP contribution is -2.39. The highest BCUT2D eigenvalue weighted by Crippen LogP contribution is 2.63. The van der Waals surface area contributed by atoms with E-state index in [9.17, 15) is 14.4 Å². The van der Waals surface area contributed by atoms with Crippen LogP contribution in [0.1, 0.15) is 24.2 Å². The molecule has 2 fully saturated rings. The van der Waals surface area contributed by atoms with Crippen LogP contribution in [0.5, 0.6) is 0 Å². The van der Waals surface area contributed by atoms with Crippen molar-refractivity contribution in [3.63, 3.8) is 0 Å². The third kappa shape index (κ3) is 1.84. The first-order chi connectivity index (χ1) is 9.34. The van der Waals surface area contributed by atoms with Crippen molar-refractivity contribution in [1.82, 2.24) is 4.90 Å². The minimum absolute atomic E-state index is 0.156. The summed E-state index contributed by atoms with van der Waals surface area (Å²) in [5.74, 6) is -1.08. The van der Waals surface area contributed by atoms with Crippen molar-refractivity contribution in [2.24, 2.45) is 17.3 Å². The van der Waals surface area contributed by atoms with E-state index >= 15 is 0 Å². The van der Waals surface area contributed by atoms with Gasteiger partial charge in [0.15, 0.2) is 5.78 Å². The zero-order valence-corrected chi connectivity index (χ0v) is 12.8. The fourth-order valence-corrected chi connectivity index (χ4v) is 3.46. The molecule has 1 aliphatic heterocycles. The first-order valence-corrected chi connectivity index (χ1v) is 7.27. The fraction of sp³-hybridized carbons (Fsp3) is 0.400. The molecule has 2 atom stereocenters. The van der Waals surface area contributed by atoms with Gasteiger partial charge in [0.2, 0.25) is 11.8 Å². The fourth-order valence-electron chi connectivity index (χ4n) is 3.06. The Morgan fingerprint density at radius 1 is 1.25 bits per heavy atom. The third-order valence-corrected chi connectivity index (χ3v) is 4.83. The third-order valence-electron chi connectivity index (χ3n) is 4.34. The number of likely N-dealkylation sites (tertiary alicyclic amines) is 1. The highest BCUT2D eigenvalue weighted by Gasteiger charge is 2.72. The molecule has 1 saturated heterocycles. The Morgan fingerprint density at radius 3 is 2.40 bits per heavy atom. The number of Topliss-reactive ketones (excluding diaryl/α,β-unsaturated/α-hetero) is 1. The molecule has 1 aromatic carbocycles. The van der Waals surface area contributed by atoms with Crippen LogP contribution in [-0.4, -0.2) is 29.0 Å². The molecule has 0 aromatic heterocycles. The second-order valence-corrected chi connectivity index (χ2v) is 6.89. The molecule has 3 rings (SSSR count). The first kappa shape index (κ1) is 13.5. The predicted octanol–water partition coefficient (Wildman–Crippen LogP) is 2.27. The van der Waals surface area contributed by atoms with Gasteiger partial charge in [-0.15, -0.1) is 0 Å². The summed E-state index contributed by atoms with van der Waals surface area (Å²) in [6.45, 7) is 3.69. The lowest BCUT2D eigenvalue weighted by Gasteiger charge is -2.19. The number of fused-ring (bicyclic) bond motifs is 1. The lowest BCUT2D eigenvalue weighted by molar-refractivity contribution is -0.142. The maximum Gasteiger partial charge on any atom is 0.234 e. The average molecular weight is 336 g/mol. The zero-order chi connectivity index (χ0) is 14.7. The molecular formula is C15H14BrNO3. The standard InChI is InChI=1S/C15H14BrNO3/c1-15(2)11-12(15)14(20)17(13(11)19)7-10(18)8-4-3-5-9(16)6-8/h3-6,11-12H,7H2,1-2H3. The predicted molar refractivity (Wildman–Crippen MR) is 76.0 cm³/mol. The average Bonchev–Trinajstić information content (AvgIpc) is 2.86. The van der Waals surface area contributed by atoms with Crippen molar-refractivity contribution in [2.75, 3.05) is 6.54 Å². The Kier molecular flexibility index (Phi) is 2.87. The van der Waals surface area contributed by atoms with Crippen LogP contribution in [0.2, 0.25) is 0 Å². The van der Waals surface area contributed by atoms with E-state index in [0.29, 0.717) is 5.56 Å². The van der Waals surface area contributed by atoms with E-state index in [1.165, 1.54) is 0 Å². The summed E-state index contributed by atoms with van der Waals surface area (Å²) < 4.78 is 0.798. The number of piperidine rings is 1. The smallest absolute Gasteiger partial charge is 0.234 e. The van der Waals surface area contributed by atoms with Gasteiger partial charge in [-0.3, -0.25) is 19.3 Å². The zero-order valence-electron chi connectivity index (χ0n) is 11.2. The van der Waals surface area contributed by atoms with Gasteiger partial charge in [-0.25, -0.2) is 0 Å². The molecule has 5 heteroatoms. The summed E-state index contributed by atoms with van der Waals surface area (Å²) in [4.78, 5) is 37.6. The molecule has 2 aliphatic rings. The van der Waals surface area contributed by atoms with Crippen molar-refractivity contribution in [3.8, 4) is 0 Å². The number of carbonyl (C=O) groups excluding carboxylic acids is 3. The largest absolute Gasteiger partial charge is 0.292 e. The van der Waals surface area contributed by atoms with Crippen LogP contribution in [0.15, 0.2) is 28.7 Å². The number of amides is 2. The lowest BCUT2D eigenvalue weighted by atomic mass is 10.0. The Hall–Kier alpha value is -1.49. The Bertz CT molecular complexity index is 614. The van der Waals surface area contributed by atoms with Crippen molar-refractivity contribution < 1.29 is 14.4 Å². The second kappa shape index (κ2) is 4.25. The van der Waals surface area contributed by atoms with Crippen LogP contribution in [0.25, 0.3) is 0 Å². The molecule has 0 spiro atoms. The number of nitrogens with zero attached hydrogens (tertiary/aromatic N) is 1. The molecule has 0 radical (unpaired) electrons. The van der Waals surface area contributed by atoms with Crippen LogP contribution >= 0.6 is 15.9 Å². The van der Waals surface area contributed by atoms with Crippen LogP contribution < -0.4 is 0 Å². The summed E-state index contributed by atoms with van der Waals surface area (Å²) >= 11 is 3.30. The molecule has 0 bridgehead atoms. The normalized spacial score (nSPS) is 26.6. The monoisotopic (exact) mass is 335 g/mol. The number of imide groups is 1. The highest BCUT2D eigenvalue weighted by atomic mass is 79.9. The van der Waals surface area contributed by atoms with Gasteiger partial charge < -0.3 is 0 Å². The number of rotatable bonds is 3. The van der Waals surface area contributed by atoms with Gasteiger partial charge >= 0.3 is 0 Å². The molecule has 1 saturated carbocycles. The Labute approximate surface area is 125 Å². The quantitative estimate of drug-likeness (QED) is 0.629. The molecular weight excluding hydrogens is 322 g/mol. The molecule has 20 heavy (non-hydrogen) atoms. The topological polar surface area (TPSA) is 54.5 Å². The molecule has 1 aliphatic carbocycles. The van der Waals surface area contributed by atoms with Crippen molar-refractivity contribution in [2.45, 2.75) is 13.8 Å². The van der Waals surface area contributed by atoms with Gasteiger partial charge in [0, 0.05) is 10.0 Å². The van der Waals surface area contributed by atoms with Gasteiger partial charge in [0.05, 0.1) is 18.4 Å². The van der Waals surface area contributed by atoms with Crippen molar-refractivity contribution in [3.05, 3.63) is 34.3 Å². The van der Waals surface area contributed by atoms with Crippen molar-refractivity contribution >= 4 is 33.5 Å². The Balaban J connectivity index is 1.76. The van der Waals surface area contributed by atoms with E-state index in [-0.39, 0.29) is 41.4 Å². The van der Waals surface area contributed by atoms with Gasteiger partial charge in [0.25, 0.3) is 0 Å². The number of ketones is 1. The summed E-state index contributed by atoms with van der Waals surface area (Å²) in [5.41, 5.74) is 0.267. The van der Waals surface area contributed by atoms with E-state index in [1.807, 2.05) is 19.9 Å². The molecule has 2 unspecified atom stereocenters. The number of hydrogen-bond acceptors (Lipinski definition) is 3. The maximum atomic E-state index is 12.2.